The summed E-state index contributed by atoms with van der Waals surface area (Å²) < 4.78 is 0. The Kier molecular flexibility index (Phi) is 3.27. The summed E-state index contributed by atoms with van der Waals surface area (Å²) in [6.07, 6.45) is 3.80. The number of aryl methyl sites for hydroxylation is 1. The second kappa shape index (κ2) is 4.67. The Morgan fingerprint density at radius 3 is 2.60 bits per heavy atom. The van der Waals surface area contributed by atoms with Crippen molar-refractivity contribution in [2.45, 2.75) is 32.7 Å². The summed E-state index contributed by atoms with van der Waals surface area (Å²) in [4.78, 5) is 2.52. The molecule has 0 bridgehead atoms. The summed E-state index contributed by atoms with van der Waals surface area (Å²) in [7, 11) is 0. The van der Waals surface area contributed by atoms with Crippen molar-refractivity contribution in [2.24, 2.45) is 0 Å². The van der Waals surface area contributed by atoms with Crippen molar-refractivity contribution >= 4 is 5.69 Å². The Bertz CT molecular complexity index is 327. The van der Waals surface area contributed by atoms with Gasteiger partial charge in [0.2, 0.25) is 0 Å². The van der Waals surface area contributed by atoms with E-state index in [9.17, 15) is 0 Å². The van der Waals surface area contributed by atoms with Crippen molar-refractivity contribution in [1.29, 1.82) is 0 Å². The molecule has 2 rings (SSSR count). The summed E-state index contributed by atoms with van der Waals surface area (Å²) >= 11 is 0. The van der Waals surface area contributed by atoms with E-state index in [1.165, 1.54) is 37.1 Å². The number of anilines is 1. The lowest BCUT2D eigenvalue weighted by atomic mass is 10.0. The van der Waals surface area contributed by atoms with Gasteiger partial charge in [0, 0.05) is 12.2 Å². The molecule has 1 saturated heterocycles. The van der Waals surface area contributed by atoms with Crippen molar-refractivity contribution in [2.75, 3.05) is 18.8 Å². The molecular formula is C13H20N2. The molecule has 2 nitrogen and oxygen atoms in total. The van der Waals surface area contributed by atoms with Gasteiger partial charge in [0.05, 0.1) is 0 Å². The molecule has 0 aliphatic carbocycles. The lowest BCUT2D eigenvalue weighted by Crippen LogP contribution is -2.19. The first kappa shape index (κ1) is 10.5. The average molecular weight is 204 g/mol. The molecule has 82 valence electrons. The van der Waals surface area contributed by atoms with Crippen LogP contribution in [-0.2, 0) is 13.0 Å². The zero-order valence-corrected chi connectivity index (χ0v) is 9.50. The van der Waals surface area contributed by atoms with Gasteiger partial charge in [-0.2, -0.15) is 0 Å². The summed E-state index contributed by atoms with van der Waals surface area (Å²) in [6, 6.07) is 6.31. The van der Waals surface area contributed by atoms with E-state index in [0.29, 0.717) is 0 Å². The van der Waals surface area contributed by atoms with Crippen LogP contribution in [0.25, 0.3) is 0 Å². The van der Waals surface area contributed by atoms with Crippen LogP contribution in [0.4, 0.5) is 5.69 Å². The van der Waals surface area contributed by atoms with Gasteiger partial charge in [0.15, 0.2) is 0 Å². The molecule has 2 N–H and O–H groups in total. The van der Waals surface area contributed by atoms with Crippen LogP contribution in [0.5, 0.6) is 0 Å². The second-order valence-electron chi connectivity index (χ2n) is 4.36. The number of nitrogen functional groups attached to an aromatic ring is 1. The molecule has 1 aromatic carbocycles. The highest BCUT2D eigenvalue weighted by Crippen LogP contribution is 2.19. The van der Waals surface area contributed by atoms with Crippen molar-refractivity contribution in [3.05, 3.63) is 29.3 Å². The third-order valence-electron chi connectivity index (χ3n) is 3.20. The van der Waals surface area contributed by atoms with Gasteiger partial charge >= 0.3 is 0 Å². The van der Waals surface area contributed by atoms with Gasteiger partial charge in [-0.1, -0.05) is 13.0 Å². The molecule has 15 heavy (non-hydrogen) atoms. The van der Waals surface area contributed by atoms with Crippen LogP contribution in [0.2, 0.25) is 0 Å². The van der Waals surface area contributed by atoms with Gasteiger partial charge in [0.1, 0.15) is 0 Å². The van der Waals surface area contributed by atoms with Gasteiger partial charge in [-0.3, -0.25) is 4.90 Å². The van der Waals surface area contributed by atoms with Crippen molar-refractivity contribution < 1.29 is 0 Å². The van der Waals surface area contributed by atoms with E-state index in [-0.39, 0.29) is 0 Å². The van der Waals surface area contributed by atoms with Crippen LogP contribution in [0.3, 0.4) is 0 Å². The van der Waals surface area contributed by atoms with E-state index in [1.54, 1.807) is 0 Å². The van der Waals surface area contributed by atoms with Crippen LogP contribution >= 0.6 is 0 Å². The molecule has 1 aliphatic heterocycles. The lowest BCUT2D eigenvalue weighted by molar-refractivity contribution is 0.330. The molecule has 1 aromatic rings. The number of benzene rings is 1. The number of nitrogens with two attached hydrogens (primary N) is 1. The molecule has 0 amide bonds. The first-order valence-corrected chi connectivity index (χ1v) is 5.89. The first-order chi connectivity index (χ1) is 7.29. The van der Waals surface area contributed by atoms with Gasteiger partial charge in [-0.25, -0.2) is 0 Å². The minimum absolute atomic E-state index is 0.890. The quantitative estimate of drug-likeness (QED) is 0.766. The molecule has 1 heterocycles. The lowest BCUT2D eigenvalue weighted by Gasteiger charge is -2.17. The zero-order chi connectivity index (χ0) is 10.7. The smallest absolute Gasteiger partial charge is 0.0317 e. The minimum Gasteiger partial charge on any atom is -0.399 e. The highest BCUT2D eigenvalue weighted by molar-refractivity contribution is 5.44. The van der Waals surface area contributed by atoms with Gasteiger partial charge in [-0.15, -0.1) is 0 Å². The number of hydrogen-bond donors (Lipinski definition) is 1. The van der Waals surface area contributed by atoms with Crippen LogP contribution in [0.15, 0.2) is 18.2 Å². The number of likely N-dealkylation sites (tertiary alicyclic amines) is 1. The second-order valence-corrected chi connectivity index (χ2v) is 4.36. The van der Waals surface area contributed by atoms with Crippen molar-refractivity contribution in [1.82, 2.24) is 4.90 Å². The minimum atomic E-state index is 0.890. The van der Waals surface area contributed by atoms with E-state index in [2.05, 4.69) is 24.0 Å². The molecular weight excluding hydrogens is 184 g/mol. The van der Waals surface area contributed by atoms with E-state index in [0.717, 1.165) is 18.7 Å². The zero-order valence-electron chi connectivity index (χ0n) is 9.50. The predicted molar refractivity (Wildman–Crippen MR) is 64.7 cm³/mol. The Balaban J connectivity index is 2.14. The highest BCUT2D eigenvalue weighted by Gasteiger charge is 2.13. The molecule has 0 spiro atoms. The standard InChI is InChI=1S/C13H20N2/c1-2-11-5-6-13(14)9-12(11)10-15-7-3-4-8-15/h5-6,9H,2-4,7-8,10,14H2,1H3. The molecule has 1 fully saturated rings. The number of rotatable bonds is 3. The topological polar surface area (TPSA) is 29.3 Å². The predicted octanol–water partition coefficient (Wildman–Crippen LogP) is 2.43. The van der Waals surface area contributed by atoms with Crippen LogP contribution in [-0.4, -0.2) is 18.0 Å². The van der Waals surface area contributed by atoms with Gasteiger partial charge in [0.25, 0.3) is 0 Å². The van der Waals surface area contributed by atoms with Gasteiger partial charge in [-0.05, 0) is 55.6 Å². The van der Waals surface area contributed by atoms with Gasteiger partial charge < -0.3 is 5.73 Å². The molecule has 0 saturated carbocycles. The van der Waals surface area contributed by atoms with E-state index < -0.39 is 0 Å². The fourth-order valence-corrected chi connectivity index (χ4v) is 2.32. The monoisotopic (exact) mass is 204 g/mol. The largest absolute Gasteiger partial charge is 0.399 e. The van der Waals surface area contributed by atoms with Crippen LogP contribution in [0, 0.1) is 0 Å². The molecule has 1 aliphatic rings. The van der Waals surface area contributed by atoms with Crippen LogP contribution in [0.1, 0.15) is 30.9 Å². The Morgan fingerprint density at radius 2 is 1.93 bits per heavy atom. The number of nitrogens with zero attached hydrogens (tertiary/aromatic N) is 1. The highest BCUT2D eigenvalue weighted by atomic mass is 15.1. The van der Waals surface area contributed by atoms with E-state index in [4.69, 9.17) is 5.73 Å². The van der Waals surface area contributed by atoms with E-state index in [1.807, 2.05) is 6.07 Å². The molecule has 2 heteroatoms. The first-order valence-electron chi connectivity index (χ1n) is 5.89. The fraction of sp³-hybridized carbons (Fsp3) is 0.538. The summed E-state index contributed by atoms with van der Waals surface area (Å²) in [5.74, 6) is 0. The summed E-state index contributed by atoms with van der Waals surface area (Å²) in [5, 5.41) is 0. The average Bonchev–Trinajstić information content (AvgIpc) is 2.71. The molecule has 0 aromatic heterocycles. The van der Waals surface area contributed by atoms with E-state index >= 15 is 0 Å². The normalized spacial score (nSPS) is 17.1. The maximum absolute atomic E-state index is 5.84. The maximum atomic E-state index is 5.84. The Labute approximate surface area is 92.1 Å². The third kappa shape index (κ3) is 2.51. The molecule has 0 atom stereocenters. The van der Waals surface area contributed by atoms with Crippen LogP contribution < -0.4 is 5.73 Å². The fourth-order valence-electron chi connectivity index (χ4n) is 2.32. The maximum Gasteiger partial charge on any atom is 0.0317 e. The summed E-state index contributed by atoms with van der Waals surface area (Å²) in [5.41, 5.74) is 9.59. The molecule has 0 radical (unpaired) electrons. The number of hydrogen-bond acceptors (Lipinski definition) is 2. The Hall–Kier alpha value is -1.02. The summed E-state index contributed by atoms with van der Waals surface area (Å²) in [6.45, 7) is 5.78. The third-order valence-corrected chi connectivity index (χ3v) is 3.20. The Morgan fingerprint density at radius 1 is 1.20 bits per heavy atom. The molecule has 0 unspecified atom stereocenters. The van der Waals surface area contributed by atoms with Crippen molar-refractivity contribution in [3.8, 4) is 0 Å². The van der Waals surface area contributed by atoms with Crippen molar-refractivity contribution in [3.63, 3.8) is 0 Å². The SMILES string of the molecule is CCc1ccc(N)cc1CN1CCCC1.